The minimum Gasteiger partial charge on any atom is -0.497 e. The van der Waals surface area contributed by atoms with Crippen molar-refractivity contribution in [2.75, 3.05) is 59.7 Å². The number of amides is 1. The van der Waals surface area contributed by atoms with Crippen LogP contribution in [0.2, 0.25) is 0 Å². The molecule has 2 saturated heterocycles. The van der Waals surface area contributed by atoms with Crippen molar-refractivity contribution in [3.8, 4) is 16.9 Å². The summed E-state index contributed by atoms with van der Waals surface area (Å²) in [7, 11) is 1.67. The minimum absolute atomic E-state index is 0.166. The summed E-state index contributed by atoms with van der Waals surface area (Å²) in [5, 5.41) is 9.19. The summed E-state index contributed by atoms with van der Waals surface area (Å²) in [6.45, 7) is 5.22. The van der Waals surface area contributed by atoms with Crippen LogP contribution in [0.15, 0.2) is 48.5 Å². The van der Waals surface area contributed by atoms with Crippen LogP contribution in [-0.4, -0.2) is 80.5 Å². The standard InChI is InChI=1S/C26H34N2O4/c1-31-24-7-5-22(6-8-24)23-4-2-3-21(19-23)20-26(9-17-32-18-10-26)25(30)28-13-11-27(12-14-28)15-16-29/h2-8,19,29H,9-18,20H2,1H3. The highest BCUT2D eigenvalue weighted by Crippen LogP contribution is 2.37. The van der Waals surface area contributed by atoms with Crippen LogP contribution in [0, 0.1) is 5.41 Å². The number of benzene rings is 2. The largest absolute Gasteiger partial charge is 0.497 e. The first kappa shape index (κ1) is 22.8. The van der Waals surface area contributed by atoms with Crippen molar-refractivity contribution in [1.82, 2.24) is 9.80 Å². The molecule has 2 heterocycles. The van der Waals surface area contributed by atoms with Gasteiger partial charge in [0.2, 0.25) is 5.91 Å². The summed E-state index contributed by atoms with van der Waals surface area (Å²) in [5.74, 6) is 1.11. The smallest absolute Gasteiger partial charge is 0.229 e. The van der Waals surface area contributed by atoms with Crippen molar-refractivity contribution in [3.05, 3.63) is 54.1 Å². The lowest BCUT2D eigenvalue weighted by molar-refractivity contribution is -0.149. The molecule has 1 N–H and O–H groups in total. The zero-order chi connectivity index (χ0) is 22.4. The number of β-amino-alcohol motifs (C(OH)–C–C–N with tert-alkyl or cyclic N) is 1. The summed E-state index contributed by atoms with van der Waals surface area (Å²) >= 11 is 0. The van der Waals surface area contributed by atoms with E-state index < -0.39 is 5.41 Å². The monoisotopic (exact) mass is 438 g/mol. The first-order valence-electron chi connectivity index (χ1n) is 11.6. The molecule has 172 valence electrons. The van der Waals surface area contributed by atoms with Crippen molar-refractivity contribution < 1.29 is 19.4 Å². The third-order valence-electron chi connectivity index (χ3n) is 6.87. The van der Waals surface area contributed by atoms with Crippen LogP contribution in [0.1, 0.15) is 18.4 Å². The molecule has 0 aliphatic carbocycles. The van der Waals surface area contributed by atoms with Gasteiger partial charge in [0.15, 0.2) is 0 Å². The molecule has 1 amide bonds. The molecule has 0 radical (unpaired) electrons. The molecule has 2 aromatic rings. The Labute approximate surface area is 190 Å². The average Bonchev–Trinajstić information content (AvgIpc) is 2.85. The van der Waals surface area contributed by atoms with E-state index in [2.05, 4.69) is 41.3 Å². The van der Waals surface area contributed by atoms with Crippen molar-refractivity contribution >= 4 is 5.91 Å². The molecule has 2 aliphatic rings. The summed E-state index contributed by atoms with van der Waals surface area (Å²) < 4.78 is 10.9. The molecule has 2 aliphatic heterocycles. The third-order valence-corrected chi connectivity index (χ3v) is 6.87. The molecular formula is C26H34N2O4. The Hall–Kier alpha value is -2.41. The fourth-order valence-electron chi connectivity index (χ4n) is 4.91. The van der Waals surface area contributed by atoms with Gasteiger partial charge in [0.25, 0.3) is 0 Å². The Balaban J connectivity index is 1.52. The van der Waals surface area contributed by atoms with Gasteiger partial charge in [-0.1, -0.05) is 36.4 Å². The molecule has 0 unspecified atom stereocenters. The van der Waals surface area contributed by atoms with E-state index in [1.165, 1.54) is 5.56 Å². The molecular weight excluding hydrogens is 404 g/mol. The highest BCUT2D eigenvalue weighted by molar-refractivity contribution is 5.83. The van der Waals surface area contributed by atoms with E-state index in [0.717, 1.165) is 62.3 Å². The van der Waals surface area contributed by atoms with Gasteiger partial charge >= 0.3 is 0 Å². The van der Waals surface area contributed by atoms with Gasteiger partial charge < -0.3 is 19.5 Å². The molecule has 0 bridgehead atoms. The van der Waals surface area contributed by atoms with E-state index in [4.69, 9.17) is 9.47 Å². The minimum atomic E-state index is -0.407. The van der Waals surface area contributed by atoms with E-state index in [-0.39, 0.29) is 12.5 Å². The van der Waals surface area contributed by atoms with Crippen molar-refractivity contribution in [2.24, 2.45) is 5.41 Å². The Morgan fingerprint density at radius 2 is 1.75 bits per heavy atom. The molecule has 0 saturated carbocycles. The van der Waals surface area contributed by atoms with E-state index in [1.807, 2.05) is 17.0 Å². The van der Waals surface area contributed by atoms with Gasteiger partial charge in [-0.05, 0) is 48.1 Å². The lowest BCUT2D eigenvalue weighted by Gasteiger charge is -2.43. The Bertz CT molecular complexity index is 885. The van der Waals surface area contributed by atoms with Gasteiger partial charge in [-0.25, -0.2) is 0 Å². The van der Waals surface area contributed by atoms with Crippen LogP contribution in [0.3, 0.4) is 0 Å². The van der Waals surface area contributed by atoms with E-state index in [1.54, 1.807) is 7.11 Å². The normalized spacial score (nSPS) is 19.0. The van der Waals surface area contributed by atoms with Crippen LogP contribution < -0.4 is 4.74 Å². The Kier molecular flexibility index (Phi) is 7.45. The number of hydrogen-bond donors (Lipinski definition) is 1. The Morgan fingerprint density at radius 1 is 1.03 bits per heavy atom. The van der Waals surface area contributed by atoms with Gasteiger partial charge in [0.05, 0.1) is 19.1 Å². The van der Waals surface area contributed by atoms with Gasteiger partial charge in [-0.15, -0.1) is 0 Å². The number of aliphatic hydroxyl groups is 1. The number of hydrogen-bond acceptors (Lipinski definition) is 5. The van der Waals surface area contributed by atoms with E-state index in [0.29, 0.717) is 19.8 Å². The lowest BCUT2D eigenvalue weighted by atomic mass is 9.73. The zero-order valence-corrected chi connectivity index (χ0v) is 19.0. The van der Waals surface area contributed by atoms with Gasteiger partial charge in [-0.3, -0.25) is 9.69 Å². The maximum absolute atomic E-state index is 13.8. The first-order valence-corrected chi connectivity index (χ1v) is 11.6. The number of nitrogens with zero attached hydrogens (tertiary/aromatic N) is 2. The van der Waals surface area contributed by atoms with Crippen molar-refractivity contribution in [2.45, 2.75) is 19.3 Å². The fourth-order valence-corrected chi connectivity index (χ4v) is 4.91. The average molecular weight is 439 g/mol. The van der Waals surface area contributed by atoms with E-state index >= 15 is 0 Å². The molecule has 2 aromatic carbocycles. The molecule has 6 heteroatoms. The summed E-state index contributed by atoms with van der Waals surface area (Å²) in [4.78, 5) is 18.0. The molecule has 2 fully saturated rings. The maximum Gasteiger partial charge on any atom is 0.229 e. The van der Waals surface area contributed by atoms with Crippen LogP contribution in [0.5, 0.6) is 5.75 Å². The number of methoxy groups -OCH3 is 1. The SMILES string of the molecule is COc1ccc(-c2cccc(CC3(C(=O)N4CCN(CCO)CC4)CCOCC3)c2)cc1. The number of ether oxygens (including phenoxy) is 2. The Morgan fingerprint density at radius 3 is 2.41 bits per heavy atom. The van der Waals surface area contributed by atoms with Gasteiger partial charge in [0, 0.05) is 45.9 Å². The predicted molar refractivity (Wildman–Crippen MR) is 125 cm³/mol. The van der Waals surface area contributed by atoms with Gasteiger partial charge in [-0.2, -0.15) is 0 Å². The number of rotatable bonds is 7. The fraction of sp³-hybridized carbons (Fsp3) is 0.500. The zero-order valence-electron chi connectivity index (χ0n) is 19.0. The predicted octanol–water partition coefficient (Wildman–Crippen LogP) is 2.84. The first-order chi connectivity index (χ1) is 15.6. The highest BCUT2D eigenvalue weighted by Gasteiger charge is 2.43. The maximum atomic E-state index is 13.8. The molecule has 32 heavy (non-hydrogen) atoms. The van der Waals surface area contributed by atoms with Crippen LogP contribution in [0.4, 0.5) is 0 Å². The number of carbonyl (C=O) groups is 1. The van der Waals surface area contributed by atoms with Crippen molar-refractivity contribution in [1.29, 1.82) is 0 Å². The van der Waals surface area contributed by atoms with Crippen LogP contribution in [-0.2, 0) is 16.0 Å². The summed E-state index contributed by atoms with van der Waals surface area (Å²) in [5.41, 5.74) is 3.07. The topological polar surface area (TPSA) is 62.2 Å². The molecule has 0 atom stereocenters. The number of carbonyl (C=O) groups excluding carboxylic acids is 1. The van der Waals surface area contributed by atoms with Crippen LogP contribution in [0.25, 0.3) is 11.1 Å². The lowest BCUT2D eigenvalue weighted by Crippen LogP contribution is -2.55. The highest BCUT2D eigenvalue weighted by atomic mass is 16.5. The second-order valence-electron chi connectivity index (χ2n) is 8.86. The third kappa shape index (κ3) is 5.14. The second-order valence-corrected chi connectivity index (χ2v) is 8.86. The second kappa shape index (κ2) is 10.5. The van der Waals surface area contributed by atoms with E-state index in [9.17, 15) is 9.90 Å². The summed E-state index contributed by atoms with van der Waals surface area (Å²) in [6.07, 6.45) is 2.25. The quantitative estimate of drug-likeness (QED) is 0.720. The molecule has 0 spiro atoms. The number of aliphatic hydroxyl groups excluding tert-OH is 1. The molecule has 0 aromatic heterocycles. The van der Waals surface area contributed by atoms with Crippen molar-refractivity contribution in [3.63, 3.8) is 0 Å². The summed E-state index contributed by atoms with van der Waals surface area (Å²) in [6, 6.07) is 16.6. The number of piperazine rings is 1. The van der Waals surface area contributed by atoms with Crippen LogP contribution >= 0.6 is 0 Å². The molecule has 6 nitrogen and oxygen atoms in total. The van der Waals surface area contributed by atoms with Gasteiger partial charge in [0.1, 0.15) is 5.75 Å². The molecule has 4 rings (SSSR count).